The number of carbonyl (C=O) groups is 2. The number of nitrogens with one attached hydrogen (secondary N) is 1. The number of carbonyl (C=O) groups excluding carboxylic acids is 1. The largest absolute Gasteiger partial charge is 0.489 e. The lowest BCUT2D eigenvalue weighted by Gasteiger charge is -2.22. The van der Waals surface area contributed by atoms with Crippen molar-refractivity contribution < 1.29 is 24.2 Å². The van der Waals surface area contributed by atoms with Gasteiger partial charge in [-0.05, 0) is 51.3 Å². The standard InChI is InChI=1S/C16H21NO5/c1-10(2)22-13-7-6-11(16(19)20)9-12(13)17-15(18)14-5-3-4-8-21-14/h6-7,9-10,14H,3-5,8H2,1-2H3,(H,17,18)(H,19,20). The molecule has 2 rings (SSSR count). The van der Waals surface area contributed by atoms with Crippen LogP contribution >= 0.6 is 0 Å². The number of hydrogen-bond donors (Lipinski definition) is 2. The van der Waals surface area contributed by atoms with E-state index in [1.807, 2.05) is 13.8 Å². The molecular formula is C16H21NO5. The molecule has 22 heavy (non-hydrogen) atoms. The highest BCUT2D eigenvalue weighted by Gasteiger charge is 2.23. The average Bonchev–Trinajstić information content (AvgIpc) is 2.49. The average molecular weight is 307 g/mol. The van der Waals surface area contributed by atoms with Crippen LogP contribution in [0.3, 0.4) is 0 Å². The maximum atomic E-state index is 12.2. The number of hydrogen-bond acceptors (Lipinski definition) is 4. The lowest BCUT2D eigenvalue weighted by molar-refractivity contribution is -0.130. The molecule has 1 aliphatic rings. The van der Waals surface area contributed by atoms with Crippen LogP contribution < -0.4 is 10.1 Å². The normalized spacial score (nSPS) is 18.0. The Morgan fingerprint density at radius 3 is 2.73 bits per heavy atom. The fourth-order valence-electron chi connectivity index (χ4n) is 2.28. The number of amides is 1. The van der Waals surface area contributed by atoms with Crippen LogP contribution in [0.4, 0.5) is 5.69 Å². The van der Waals surface area contributed by atoms with E-state index >= 15 is 0 Å². The number of benzene rings is 1. The Morgan fingerprint density at radius 2 is 2.14 bits per heavy atom. The minimum Gasteiger partial charge on any atom is -0.489 e. The number of aromatic carboxylic acids is 1. The quantitative estimate of drug-likeness (QED) is 0.873. The van der Waals surface area contributed by atoms with Gasteiger partial charge in [0.1, 0.15) is 11.9 Å². The second kappa shape index (κ2) is 7.26. The lowest BCUT2D eigenvalue weighted by atomic mass is 10.1. The van der Waals surface area contributed by atoms with Crippen LogP contribution in [0.15, 0.2) is 18.2 Å². The van der Waals surface area contributed by atoms with Gasteiger partial charge in [-0.3, -0.25) is 4.79 Å². The summed E-state index contributed by atoms with van der Waals surface area (Å²) in [6.45, 7) is 4.30. The van der Waals surface area contributed by atoms with Crippen LogP contribution in [0.2, 0.25) is 0 Å². The molecule has 1 amide bonds. The van der Waals surface area contributed by atoms with E-state index in [0.29, 0.717) is 24.5 Å². The van der Waals surface area contributed by atoms with Gasteiger partial charge in [0.25, 0.3) is 5.91 Å². The minimum atomic E-state index is -1.06. The smallest absolute Gasteiger partial charge is 0.335 e. The Bertz CT molecular complexity index is 549. The van der Waals surface area contributed by atoms with Gasteiger partial charge in [-0.1, -0.05) is 0 Å². The van der Waals surface area contributed by atoms with Crippen molar-refractivity contribution in [3.05, 3.63) is 23.8 Å². The summed E-state index contributed by atoms with van der Waals surface area (Å²) in [5.74, 6) is -0.875. The van der Waals surface area contributed by atoms with Crippen molar-refractivity contribution in [2.75, 3.05) is 11.9 Å². The van der Waals surface area contributed by atoms with Gasteiger partial charge in [-0.25, -0.2) is 4.79 Å². The molecule has 6 heteroatoms. The molecular weight excluding hydrogens is 286 g/mol. The highest BCUT2D eigenvalue weighted by Crippen LogP contribution is 2.28. The van der Waals surface area contributed by atoms with Gasteiger partial charge in [0, 0.05) is 6.61 Å². The Labute approximate surface area is 129 Å². The third-order valence-electron chi connectivity index (χ3n) is 3.32. The minimum absolute atomic E-state index is 0.0859. The molecule has 0 saturated carbocycles. The monoisotopic (exact) mass is 307 g/mol. The maximum absolute atomic E-state index is 12.2. The van der Waals surface area contributed by atoms with Crippen LogP contribution in [-0.4, -0.2) is 35.8 Å². The molecule has 1 aromatic carbocycles. The van der Waals surface area contributed by atoms with Gasteiger partial charge in [0.2, 0.25) is 0 Å². The topological polar surface area (TPSA) is 84.9 Å². The van der Waals surface area contributed by atoms with Crippen molar-refractivity contribution in [3.8, 4) is 5.75 Å². The Hall–Kier alpha value is -2.08. The van der Waals surface area contributed by atoms with Crippen LogP contribution in [0.1, 0.15) is 43.5 Å². The van der Waals surface area contributed by atoms with Crippen LogP contribution in [0, 0.1) is 0 Å². The van der Waals surface area contributed by atoms with Crippen molar-refractivity contribution in [3.63, 3.8) is 0 Å². The first-order valence-corrected chi connectivity index (χ1v) is 7.44. The van der Waals surface area contributed by atoms with Crippen LogP contribution in [0.25, 0.3) is 0 Å². The number of carboxylic acids is 1. The van der Waals surface area contributed by atoms with Gasteiger partial charge >= 0.3 is 5.97 Å². The molecule has 1 fully saturated rings. The Morgan fingerprint density at radius 1 is 1.36 bits per heavy atom. The summed E-state index contributed by atoms with van der Waals surface area (Å²) >= 11 is 0. The zero-order valence-corrected chi connectivity index (χ0v) is 12.8. The predicted molar refractivity (Wildman–Crippen MR) is 81.4 cm³/mol. The molecule has 2 N–H and O–H groups in total. The molecule has 1 heterocycles. The summed E-state index contributed by atoms with van der Waals surface area (Å²) in [5, 5.41) is 11.8. The first-order valence-electron chi connectivity index (χ1n) is 7.44. The second-order valence-corrected chi connectivity index (χ2v) is 5.53. The fourth-order valence-corrected chi connectivity index (χ4v) is 2.28. The molecule has 1 unspecified atom stereocenters. The van der Waals surface area contributed by atoms with Gasteiger partial charge < -0.3 is 19.9 Å². The zero-order chi connectivity index (χ0) is 16.1. The van der Waals surface area contributed by atoms with Gasteiger partial charge in [0.05, 0.1) is 17.4 Å². The summed E-state index contributed by atoms with van der Waals surface area (Å²) in [5.41, 5.74) is 0.448. The number of anilines is 1. The predicted octanol–water partition coefficient (Wildman–Crippen LogP) is 2.68. The molecule has 120 valence electrons. The summed E-state index contributed by atoms with van der Waals surface area (Å²) in [4.78, 5) is 23.3. The van der Waals surface area contributed by atoms with Gasteiger partial charge in [-0.15, -0.1) is 0 Å². The van der Waals surface area contributed by atoms with E-state index in [2.05, 4.69) is 5.32 Å². The third kappa shape index (κ3) is 4.21. The molecule has 1 saturated heterocycles. The number of ether oxygens (including phenoxy) is 2. The summed E-state index contributed by atoms with van der Waals surface area (Å²) in [7, 11) is 0. The molecule has 0 radical (unpaired) electrons. The van der Waals surface area contributed by atoms with Crippen LogP contribution in [-0.2, 0) is 9.53 Å². The molecule has 1 atom stereocenters. The van der Waals surface area contributed by atoms with Crippen molar-refractivity contribution in [2.45, 2.75) is 45.3 Å². The van der Waals surface area contributed by atoms with E-state index < -0.39 is 12.1 Å². The summed E-state index contributed by atoms with van der Waals surface area (Å²) in [6.07, 6.45) is 2.00. The summed E-state index contributed by atoms with van der Waals surface area (Å²) in [6, 6.07) is 4.41. The first-order chi connectivity index (χ1) is 10.5. The van der Waals surface area contributed by atoms with E-state index in [1.165, 1.54) is 12.1 Å². The maximum Gasteiger partial charge on any atom is 0.335 e. The van der Waals surface area contributed by atoms with E-state index in [1.54, 1.807) is 6.07 Å². The van der Waals surface area contributed by atoms with Crippen molar-refractivity contribution in [1.29, 1.82) is 0 Å². The van der Waals surface area contributed by atoms with Gasteiger partial charge in [0.15, 0.2) is 0 Å². The first kappa shape index (κ1) is 16.3. The van der Waals surface area contributed by atoms with E-state index in [9.17, 15) is 9.59 Å². The van der Waals surface area contributed by atoms with E-state index in [-0.39, 0.29) is 17.6 Å². The van der Waals surface area contributed by atoms with Crippen molar-refractivity contribution in [2.24, 2.45) is 0 Å². The third-order valence-corrected chi connectivity index (χ3v) is 3.32. The van der Waals surface area contributed by atoms with Crippen LogP contribution in [0.5, 0.6) is 5.75 Å². The SMILES string of the molecule is CC(C)Oc1ccc(C(=O)O)cc1NC(=O)C1CCCCO1. The molecule has 0 spiro atoms. The molecule has 0 bridgehead atoms. The highest BCUT2D eigenvalue weighted by molar-refractivity contribution is 5.97. The van der Waals surface area contributed by atoms with Crippen molar-refractivity contribution in [1.82, 2.24) is 0 Å². The zero-order valence-electron chi connectivity index (χ0n) is 12.8. The molecule has 1 aromatic rings. The Kier molecular flexibility index (Phi) is 5.38. The lowest BCUT2D eigenvalue weighted by Crippen LogP contribution is -2.33. The summed E-state index contributed by atoms with van der Waals surface area (Å²) < 4.78 is 11.1. The second-order valence-electron chi connectivity index (χ2n) is 5.53. The van der Waals surface area contributed by atoms with Crippen molar-refractivity contribution >= 4 is 17.6 Å². The number of carboxylic acid groups (broad SMARTS) is 1. The molecule has 0 aliphatic carbocycles. The van der Waals surface area contributed by atoms with E-state index in [0.717, 1.165) is 12.8 Å². The number of rotatable bonds is 5. The van der Waals surface area contributed by atoms with Gasteiger partial charge in [-0.2, -0.15) is 0 Å². The molecule has 0 aromatic heterocycles. The molecule has 1 aliphatic heterocycles. The highest BCUT2D eigenvalue weighted by atomic mass is 16.5. The fraction of sp³-hybridized carbons (Fsp3) is 0.500. The molecule has 6 nitrogen and oxygen atoms in total. The van der Waals surface area contributed by atoms with E-state index in [4.69, 9.17) is 14.6 Å². The Balaban J connectivity index is 2.19.